The lowest BCUT2D eigenvalue weighted by Gasteiger charge is -2.11. The minimum Gasteiger partial charge on any atom is -0.490 e. The van der Waals surface area contributed by atoms with Gasteiger partial charge in [-0.3, -0.25) is 0 Å². The molecule has 0 aromatic heterocycles. The summed E-state index contributed by atoms with van der Waals surface area (Å²) in [6.45, 7) is 3.72. The fourth-order valence-corrected chi connectivity index (χ4v) is 2.84. The standard InChI is InChI=1S/C14H19BrO2/c1-2-4-12(15)9-11-5-6-13-14(10-11)17-8-3-7-16-13/h5-6,10,12H,2-4,7-9H2,1H3. The van der Waals surface area contributed by atoms with Crippen LogP contribution in [0.5, 0.6) is 11.5 Å². The van der Waals surface area contributed by atoms with Gasteiger partial charge in [0.25, 0.3) is 0 Å². The third-order valence-electron chi connectivity index (χ3n) is 2.87. The molecular formula is C14H19BrO2. The molecule has 0 aliphatic carbocycles. The van der Waals surface area contributed by atoms with Crippen molar-refractivity contribution in [2.75, 3.05) is 13.2 Å². The Morgan fingerprint density at radius 3 is 2.76 bits per heavy atom. The number of rotatable bonds is 4. The molecule has 2 nitrogen and oxygen atoms in total. The molecule has 0 radical (unpaired) electrons. The molecule has 1 unspecified atom stereocenters. The highest BCUT2D eigenvalue weighted by atomic mass is 79.9. The van der Waals surface area contributed by atoms with Crippen molar-refractivity contribution in [3.8, 4) is 11.5 Å². The van der Waals surface area contributed by atoms with E-state index in [4.69, 9.17) is 9.47 Å². The van der Waals surface area contributed by atoms with Crippen LogP contribution in [0.1, 0.15) is 31.7 Å². The predicted octanol–water partition coefficient (Wildman–Crippen LogP) is 3.95. The molecule has 1 aliphatic rings. The summed E-state index contributed by atoms with van der Waals surface area (Å²) in [7, 11) is 0. The third-order valence-corrected chi connectivity index (χ3v) is 3.65. The van der Waals surface area contributed by atoms with E-state index in [2.05, 4.69) is 35.0 Å². The second-order valence-electron chi connectivity index (χ2n) is 4.42. The van der Waals surface area contributed by atoms with E-state index in [9.17, 15) is 0 Å². The minimum atomic E-state index is 0.553. The van der Waals surface area contributed by atoms with E-state index < -0.39 is 0 Å². The minimum absolute atomic E-state index is 0.553. The molecule has 0 saturated heterocycles. The molecule has 1 heterocycles. The molecule has 0 amide bonds. The second-order valence-corrected chi connectivity index (χ2v) is 5.72. The van der Waals surface area contributed by atoms with Crippen molar-refractivity contribution in [2.45, 2.75) is 37.4 Å². The third kappa shape index (κ3) is 3.63. The van der Waals surface area contributed by atoms with Crippen molar-refractivity contribution >= 4 is 15.9 Å². The van der Waals surface area contributed by atoms with E-state index >= 15 is 0 Å². The maximum absolute atomic E-state index is 5.69. The van der Waals surface area contributed by atoms with E-state index in [0.717, 1.165) is 37.6 Å². The van der Waals surface area contributed by atoms with Gasteiger partial charge in [-0.05, 0) is 30.5 Å². The normalized spacial score (nSPS) is 16.4. The van der Waals surface area contributed by atoms with Crippen LogP contribution >= 0.6 is 15.9 Å². The topological polar surface area (TPSA) is 18.5 Å². The molecule has 1 aliphatic heterocycles. The molecule has 0 saturated carbocycles. The summed E-state index contributed by atoms with van der Waals surface area (Å²) in [4.78, 5) is 0.553. The first-order valence-corrected chi connectivity index (χ1v) is 7.23. The van der Waals surface area contributed by atoms with Crippen LogP contribution in [0.2, 0.25) is 0 Å². The first-order valence-electron chi connectivity index (χ1n) is 6.32. The van der Waals surface area contributed by atoms with Crippen molar-refractivity contribution in [3.05, 3.63) is 23.8 Å². The molecule has 0 spiro atoms. The van der Waals surface area contributed by atoms with Gasteiger partial charge >= 0.3 is 0 Å². The van der Waals surface area contributed by atoms with Crippen LogP contribution in [-0.4, -0.2) is 18.0 Å². The van der Waals surface area contributed by atoms with E-state index in [-0.39, 0.29) is 0 Å². The average molecular weight is 299 g/mol. The van der Waals surface area contributed by atoms with Crippen molar-refractivity contribution in [1.29, 1.82) is 0 Å². The summed E-state index contributed by atoms with van der Waals surface area (Å²) in [6, 6.07) is 6.28. The Hall–Kier alpha value is -0.700. The molecule has 1 aromatic carbocycles. The molecule has 94 valence electrons. The molecule has 17 heavy (non-hydrogen) atoms. The average Bonchev–Trinajstić information content (AvgIpc) is 2.53. The number of hydrogen-bond donors (Lipinski definition) is 0. The summed E-state index contributed by atoms with van der Waals surface area (Å²) >= 11 is 3.71. The lowest BCUT2D eigenvalue weighted by Crippen LogP contribution is -2.02. The zero-order chi connectivity index (χ0) is 12.1. The highest BCUT2D eigenvalue weighted by Gasteiger charge is 2.12. The summed E-state index contributed by atoms with van der Waals surface area (Å²) in [5.41, 5.74) is 1.31. The van der Waals surface area contributed by atoms with Crippen LogP contribution in [-0.2, 0) is 6.42 Å². The molecule has 0 bridgehead atoms. The Bertz CT molecular complexity index is 365. The maximum atomic E-state index is 5.69. The van der Waals surface area contributed by atoms with Gasteiger partial charge in [0, 0.05) is 11.2 Å². The van der Waals surface area contributed by atoms with E-state index in [1.807, 2.05) is 6.07 Å². The Balaban J connectivity index is 2.07. The van der Waals surface area contributed by atoms with Gasteiger partial charge in [-0.2, -0.15) is 0 Å². The van der Waals surface area contributed by atoms with Crippen LogP contribution in [0.4, 0.5) is 0 Å². The van der Waals surface area contributed by atoms with Crippen molar-refractivity contribution in [3.63, 3.8) is 0 Å². The molecule has 1 atom stereocenters. The molecular weight excluding hydrogens is 280 g/mol. The van der Waals surface area contributed by atoms with Gasteiger partial charge in [0.2, 0.25) is 0 Å². The highest BCUT2D eigenvalue weighted by Crippen LogP contribution is 2.31. The lowest BCUT2D eigenvalue weighted by atomic mass is 10.1. The Labute approximate surface area is 111 Å². The Morgan fingerprint density at radius 2 is 2.00 bits per heavy atom. The quantitative estimate of drug-likeness (QED) is 0.784. The summed E-state index contributed by atoms with van der Waals surface area (Å²) in [5.74, 6) is 1.78. The van der Waals surface area contributed by atoms with Gasteiger partial charge in [0.1, 0.15) is 0 Å². The molecule has 1 aromatic rings. The zero-order valence-electron chi connectivity index (χ0n) is 10.2. The Kier molecular flexibility index (Phi) is 4.72. The van der Waals surface area contributed by atoms with Gasteiger partial charge in [-0.15, -0.1) is 0 Å². The number of benzene rings is 1. The fourth-order valence-electron chi connectivity index (χ4n) is 2.01. The molecule has 2 rings (SSSR count). The largest absolute Gasteiger partial charge is 0.490 e. The highest BCUT2D eigenvalue weighted by molar-refractivity contribution is 9.09. The second kappa shape index (κ2) is 6.29. The first-order chi connectivity index (χ1) is 8.29. The Morgan fingerprint density at radius 1 is 1.24 bits per heavy atom. The van der Waals surface area contributed by atoms with Crippen LogP contribution in [0.25, 0.3) is 0 Å². The summed E-state index contributed by atoms with van der Waals surface area (Å²) < 4.78 is 11.3. The number of halogens is 1. The van der Waals surface area contributed by atoms with Crippen molar-refractivity contribution in [1.82, 2.24) is 0 Å². The van der Waals surface area contributed by atoms with Crippen LogP contribution in [0.3, 0.4) is 0 Å². The lowest BCUT2D eigenvalue weighted by molar-refractivity contribution is 0.297. The number of alkyl halides is 1. The zero-order valence-corrected chi connectivity index (χ0v) is 11.8. The molecule has 3 heteroatoms. The van der Waals surface area contributed by atoms with E-state index in [1.165, 1.54) is 18.4 Å². The van der Waals surface area contributed by atoms with Gasteiger partial charge in [0.15, 0.2) is 11.5 Å². The molecule has 0 fully saturated rings. The van der Waals surface area contributed by atoms with Crippen molar-refractivity contribution in [2.24, 2.45) is 0 Å². The predicted molar refractivity (Wildman–Crippen MR) is 73.4 cm³/mol. The van der Waals surface area contributed by atoms with Gasteiger partial charge in [-0.25, -0.2) is 0 Å². The monoisotopic (exact) mass is 298 g/mol. The number of ether oxygens (including phenoxy) is 2. The van der Waals surface area contributed by atoms with Crippen LogP contribution in [0.15, 0.2) is 18.2 Å². The smallest absolute Gasteiger partial charge is 0.161 e. The first kappa shape index (κ1) is 12.7. The fraction of sp³-hybridized carbons (Fsp3) is 0.571. The van der Waals surface area contributed by atoms with Crippen LogP contribution in [0, 0.1) is 0 Å². The molecule has 0 N–H and O–H groups in total. The number of fused-ring (bicyclic) bond motifs is 1. The van der Waals surface area contributed by atoms with E-state index in [0.29, 0.717) is 4.83 Å². The number of hydrogen-bond acceptors (Lipinski definition) is 2. The van der Waals surface area contributed by atoms with E-state index in [1.54, 1.807) is 0 Å². The maximum Gasteiger partial charge on any atom is 0.161 e. The summed E-state index contributed by atoms with van der Waals surface area (Å²) in [6.07, 6.45) is 4.42. The van der Waals surface area contributed by atoms with Gasteiger partial charge in [0.05, 0.1) is 13.2 Å². The van der Waals surface area contributed by atoms with Crippen LogP contribution < -0.4 is 9.47 Å². The van der Waals surface area contributed by atoms with Gasteiger partial charge < -0.3 is 9.47 Å². The van der Waals surface area contributed by atoms with Gasteiger partial charge in [-0.1, -0.05) is 35.3 Å². The SMILES string of the molecule is CCCC(Br)Cc1ccc2c(c1)OCCCO2. The van der Waals surface area contributed by atoms with Crippen molar-refractivity contribution < 1.29 is 9.47 Å². The summed E-state index contributed by atoms with van der Waals surface area (Å²) in [5, 5.41) is 0.